The van der Waals surface area contributed by atoms with Crippen LogP contribution in [0.5, 0.6) is 0 Å². The van der Waals surface area contributed by atoms with Gasteiger partial charge in [0, 0.05) is 13.0 Å². The second kappa shape index (κ2) is 17.0. The van der Waals surface area contributed by atoms with Gasteiger partial charge in [0.05, 0.1) is 5.69 Å². The van der Waals surface area contributed by atoms with E-state index in [1.807, 2.05) is 27.7 Å². The monoisotopic (exact) mass is 449 g/mol. The van der Waals surface area contributed by atoms with E-state index in [9.17, 15) is 13.2 Å². The van der Waals surface area contributed by atoms with Gasteiger partial charge < -0.3 is 11.1 Å². The second-order valence-corrected chi connectivity index (χ2v) is 3.60. The van der Waals surface area contributed by atoms with Crippen LogP contribution in [0.4, 0.5) is 24.7 Å². The summed E-state index contributed by atoms with van der Waals surface area (Å²) in [5.74, 6) is 0.180. The molecule has 130 valence electrons. The molecule has 0 aliphatic carbocycles. The Bertz CT molecular complexity index is 364. The van der Waals surface area contributed by atoms with Crippen molar-refractivity contribution in [2.75, 3.05) is 17.6 Å². The van der Waals surface area contributed by atoms with Crippen LogP contribution in [0.25, 0.3) is 0 Å². The first-order valence-corrected chi connectivity index (χ1v) is 9.99. The number of aromatic nitrogens is 1. The summed E-state index contributed by atoms with van der Waals surface area (Å²) < 4.78 is 35.5. The van der Waals surface area contributed by atoms with Crippen molar-refractivity contribution >= 4 is 46.1 Å². The molecule has 1 aromatic rings. The van der Waals surface area contributed by atoms with E-state index < -0.39 is 12.6 Å². The van der Waals surface area contributed by atoms with Crippen molar-refractivity contribution in [2.45, 2.75) is 51.6 Å². The van der Waals surface area contributed by atoms with E-state index in [1.165, 1.54) is 6.07 Å². The predicted molar refractivity (Wildman–Crippen MR) is 91.8 cm³/mol. The fourth-order valence-corrected chi connectivity index (χ4v) is 1.27. The molecule has 1 rings (SSSR count). The molecular weight excluding hydrogens is 424 g/mol. The summed E-state index contributed by atoms with van der Waals surface area (Å²) in [7, 11) is 0. The SMILES string of the molecule is CC.CC.Nc1nc(Cl)ccc1NCCCC(F)(F)F.[CH3][Sb]. The van der Waals surface area contributed by atoms with E-state index in [0.29, 0.717) is 5.69 Å². The normalized spacial score (nSPS) is 9.18. The minimum absolute atomic E-state index is 0.00837. The van der Waals surface area contributed by atoms with E-state index in [0.717, 1.165) is 0 Å². The van der Waals surface area contributed by atoms with Gasteiger partial charge in [-0.05, 0) is 18.6 Å². The van der Waals surface area contributed by atoms with Crippen molar-refractivity contribution in [1.82, 2.24) is 4.98 Å². The van der Waals surface area contributed by atoms with Gasteiger partial charge in [0.2, 0.25) is 0 Å². The molecule has 22 heavy (non-hydrogen) atoms. The number of nitrogen functional groups attached to an aromatic ring is 1. The number of rotatable bonds is 4. The van der Waals surface area contributed by atoms with Crippen LogP contribution >= 0.6 is 11.6 Å². The number of alkyl halides is 3. The summed E-state index contributed by atoms with van der Waals surface area (Å²) in [6.07, 6.45) is -4.95. The molecule has 3 N–H and O–H groups in total. The topological polar surface area (TPSA) is 50.9 Å². The Hall–Kier alpha value is -0.352. The van der Waals surface area contributed by atoms with Crippen molar-refractivity contribution < 1.29 is 13.2 Å². The Morgan fingerprint density at radius 3 is 2.09 bits per heavy atom. The number of anilines is 2. The quantitative estimate of drug-likeness (QED) is 0.371. The molecule has 0 saturated carbocycles. The molecular formula is C14H26ClF3N3Sb. The van der Waals surface area contributed by atoms with Gasteiger partial charge in [-0.1, -0.05) is 39.3 Å². The van der Waals surface area contributed by atoms with E-state index in [-0.39, 0.29) is 23.9 Å². The fraction of sp³-hybridized carbons (Fsp3) is 0.643. The van der Waals surface area contributed by atoms with Crippen molar-refractivity contribution in [1.29, 1.82) is 0 Å². The number of halogens is 4. The molecule has 0 unspecified atom stereocenters. The molecule has 0 amide bonds. The first kappa shape index (κ1) is 26.5. The molecule has 0 saturated heterocycles. The number of nitrogens with zero attached hydrogens (tertiary/aromatic N) is 1. The van der Waals surface area contributed by atoms with Crippen LogP contribution in [0, 0.1) is 0 Å². The molecule has 0 fully saturated rings. The van der Waals surface area contributed by atoms with E-state index >= 15 is 0 Å². The summed E-state index contributed by atoms with van der Waals surface area (Å²) in [5, 5.41) is 3.02. The average Bonchev–Trinajstić information content (AvgIpc) is 2.50. The maximum atomic E-state index is 11.8. The standard InChI is InChI=1S/C9H11ClF3N3.2C2H6.CH3.Sb/c10-7-3-2-6(8(14)16-7)15-5-1-4-9(11,12)13;2*1-2;;/h2-3,15H,1,4-5H2,(H2,14,16);2*1-2H3;1H3;. The molecule has 8 heteroatoms. The summed E-state index contributed by atoms with van der Waals surface area (Å²) in [5.41, 5.74) is 6.00. The minimum atomic E-state index is -4.12. The van der Waals surface area contributed by atoms with Crippen molar-refractivity contribution in [3.05, 3.63) is 17.3 Å². The first-order chi connectivity index (χ1) is 10.4. The number of hydrogen-bond acceptors (Lipinski definition) is 3. The molecule has 3 nitrogen and oxygen atoms in total. The Kier molecular flexibility index (Phi) is 20.5. The molecule has 0 aliphatic rings. The Morgan fingerprint density at radius 2 is 1.68 bits per heavy atom. The first-order valence-electron chi connectivity index (χ1n) is 7.06. The summed E-state index contributed by atoms with van der Waals surface area (Å²) in [4.78, 5) is 5.81. The van der Waals surface area contributed by atoms with Crippen LogP contribution in [0.3, 0.4) is 0 Å². The van der Waals surface area contributed by atoms with Crippen molar-refractivity contribution in [3.8, 4) is 0 Å². The number of pyridine rings is 1. The maximum absolute atomic E-state index is 11.8. The molecule has 2 radical (unpaired) electrons. The van der Waals surface area contributed by atoms with Crippen molar-refractivity contribution in [3.63, 3.8) is 0 Å². The molecule has 0 aromatic carbocycles. The Labute approximate surface area is 150 Å². The van der Waals surface area contributed by atoms with Gasteiger partial charge in [-0.15, -0.1) is 0 Å². The molecule has 0 aliphatic heterocycles. The van der Waals surface area contributed by atoms with Gasteiger partial charge in [-0.2, -0.15) is 13.2 Å². The van der Waals surface area contributed by atoms with E-state index in [2.05, 4.69) is 15.2 Å². The zero-order chi connectivity index (χ0) is 18.2. The third-order valence-corrected chi connectivity index (χ3v) is 2.05. The third kappa shape index (κ3) is 16.0. The Morgan fingerprint density at radius 1 is 1.18 bits per heavy atom. The number of nitrogens with two attached hydrogens (primary N) is 1. The zero-order valence-corrected chi connectivity index (χ0v) is 17.1. The van der Waals surface area contributed by atoms with E-state index in [4.69, 9.17) is 17.3 Å². The molecule has 0 bridgehead atoms. The van der Waals surface area contributed by atoms with Crippen LogP contribution in [-0.2, 0) is 0 Å². The van der Waals surface area contributed by atoms with Crippen LogP contribution in [0.2, 0.25) is 10.0 Å². The molecule has 1 aromatic heterocycles. The van der Waals surface area contributed by atoms with Gasteiger partial charge in [-0.3, -0.25) is 0 Å². The number of hydrogen-bond donors (Lipinski definition) is 2. The van der Waals surface area contributed by atoms with Gasteiger partial charge in [0.15, 0.2) is 0 Å². The molecule has 0 atom stereocenters. The summed E-state index contributed by atoms with van der Waals surface area (Å²) in [6.45, 7) is 8.19. The third-order valence-electron chi connectivity index (χ3n) is 1.84. The van der Waals surface area contributed by atoms with Crippen LogP contribution < -0.4 is 11.1 Å². The Balaban J connectivity index is -0.000000535. The number of nitrogens with one attached hydrogen (secondary N) is 1. The van der Waals surface area contributed by atoms with Crippen molar-refractivity contribution in [2.24, 2.45) is 0 Å². The van der Waals surface area contributed by atoms with Gasteiger partial charge in [0.1, 0.15) is 11.0 Å². The summed E-state index contributed by atoms with van der Waals surface area (Å²) in [6, 6.07) is 3.10. The zero-order valence-electron chi connectivity index (χ0n) is 13.8. The fourth-order valence-electron chi connectivity index (χ4n) is 1.11. The summed E-state index contributed by atoms with van der Waals surface area (Å²) >= 11 is 7.32. The second-order valence-electron chi connectivity index (χ2n) is 3.21. The van der Waals surface area contributed by atoms with Crippen LogP contribution in [-0.4, -0.2) is 40.7 Å². The van der Waals surface area contributed by atoms with Crippen LogP contribution in [0.15, 0.2) is 12.1 Å². The molecule has 1 heterocycles. The average molecular weight is 451 g/mol. The van der Waals surface area contributed by atoms with E-state index in [1.54, 1.807) is 29.1 Å². The predicted octanol–water partition coefficient (Wildman–Crippen LogP) is 5.33. The van der Waals surface area contributed by atoms with Crippen LogP contribution in [0.1, 0.15) is 40.5 Å². The van der Waals surface area contributed by atoms with Gasteiger partial charge in [0.25, 0.3) is 0 Å². The van der Waals surface area contributed by atoms with Gasteiger partial charge in [-0.25, -0.2) is 4.98 Å². The molecule has 0 spiro atoms. The van der Waals surface area contributed by atoms with Gasteiger partial charge >= 0.3 is 34.1 Å².